The molecule has 3 aromatic rings. The smallest absolute Gasteiger partial charge is 0.305 e. The first-order valence-corrected chi connectivity index (χ1v) is 14.3. The van der Waals surface area contributed by atoms with Crippen molar-refractivity contribution in [3.63, 3.8) is 0 Å². The molecule has 2 bridgehead atoms. The Kier molecular flexibility index (Phi) is 5.23. The van der Waals surface area contributed by atoms with Crippen LogP contribution < -0.4 is 10.2 Å². The molecule has 9 heteroatoms. The summed E-state index contributed by atoms with van der Waals surface area (Å²) in [4.78, 5) is 57.5. The second kappa shape index (κ2) is 8.43. The Balaban J connectivity index is 1.18. The predicted molar refractivity (Wildman–Crippen MR) is 141 cm³/mol. The van der Waals surface area contributed by atoms with E-state index in [1.165, 1.54) is 16.2 Å². The number of carbonyl (C=O) groups excluding carboxylic acids is 3. The van der Waals surface area contributed by atoms with Crippen molar-refractivity contribution in [1.82, 2.24) is 9.88 Å². The molecule has 1 saturated heterocycles. The molecule has 0 radical (unpaired) electrons. The van der Waals surface area contributed by atoms with Crippen molar-refractivity contribution in [2.75, 3.05) is 11.9 Å². The fourth-order valence-corrected chi connectivity index (χ4v) is 10.1. The highest BCUT2D eigenvalue weighted by molar-refractivity contribution is 8.00. The Morgan fingerprint density at radius 3 is 2.43 bits per heavy atom. The van der Waals surface area contributed by atoms with E-state index in [0.29, 0.717) is 5.69 Å². The van der Waals surface area contributed by atoms with Gasteiger partial charge in [-0.2, -0.15) is 0 Å². The van der Waals surface area contributed by atoms with Crippen LogP contribution in [0, 0.1) is 36.5 Å². The fourth-order valence-electron chi connectivity index (χ4n) is 7.25. The van der Waals surface area contributed by atoms with Crippen LogP contribution >= 0.6 is 23.1 Å². The van der Waals surface area contributed by atoms with Gasteiger partial charge in [0.15, 0.2) is 0 Å². The summed E-state index contributed by atoms with van der Waals surface area (Å²) in [5.74, 6) is -1.31. The lowest BCUT2D eigenvalue weighted by Crippen LogP contribution is -2.42. The zero-order valence-electron chi connectivity index (χ0n) is 20.0. The van der Waals surface area contributed by atoms with Crippen molar-refractivity contribution in [3.8, 4) is 0 Å². The minimum atomic E-state index is -0.394. The molecule has 7 nitrogen and oxygen atoms in total. The molecule has 2 saturated carbocycles. The average Bonchev–Trinajstić information content (AvgIpc) is 3.62. The number of nitrogens with one attached hydrogen (secondary N) is 2. The van der Waals surface area contributed by atoms with Gasteiger partial charge in [-0.05, 0) is 48.8 Å². The van der Waals surface area contributed by atoms with Crippen LogP contribution in [0.4, 0.5) is 5.69 Å². The highest BCUT2D eigenvalue weighted by Crippen LogP contribution is 2.68. The van der Waals surface area contributed by atoms with Crippen LogP contribution in [0.5, 0.6) is 0 Å². The maximum atomic E-state index is 13.7. The zero-order valence-corrected chi connectivity index (χ0v) is 21.7. The van der Waals surface area contributed by atoms with Gasteiger partial charge in [-0.3, -0.25) is 24.1 Å². The van der Waals surface area contributed by atoms with Gasteiger partial charge < -0.3 is 10.3 Å². The number of amides is 3. The van der Waals surface area contributed by atoms with Gasteiger partial charge in [0.25, 0.3) is 0 Å². The van der Waals surface area contributed by atoms with Crippen LogP contribution in [-0.2, 0) is 14.4 Å². The van der Waals surface area contributed by atoms with E-state index in [1.54, 1.807) is 11.8 Å². The standard InChI is InChI=1S/C28H25N3O4S2/c1-13-7-9-15(10-8-13)29-18(32)12-31-26(33)21-16-11-17(22(21)27(31)34)23-20(16)19(14-5-3-2-4-6-14)24-25(36-23)30-28(35)37-24/h2-10,16-17,19-23H,11-12H2,1H3,(H,29,32)(H,30,35)/t16-,17-,19-,20-,21-,22-,23+/m0/s1. The van der Waals surface area contributed by atoms with Gasteiger partial charge in [-0.25, -0.2) is 0 Å². The van der Waals surface area contributed by atoms with E-state index in [0.717, 1.165) is 27.5 Å². The monoisotopic (exact) mass is 531 g/mol. The molecule has 7 rings (SSSR count). The lowest BCUT2D eigenvalue weighted by molar-refractivity contribution is -0.143. The first-order chi connectivity index (χ1) is 17.9. The number of aromatic nitrogens is 1. The summed E-state index contributed by atoms with van der Waals surface area (Å²) in [6.45, 7) is 1.71. The van der Waals surface area contributed by atoms with Crippen molar-refractivity contribution < 1.29 is 14.4 Å². The first-order valence-electron chi connectivity index (χ1n) is 12.6. The van der Waals surface area contributed by atoms with E-state index in [1.807, 2.05) is 49.4 Å². The predicted octanol–water partition coefficient (Wildman–Crippen LogP) is 3.86. The summed E-state index contributed by atoms with van der Waals surface area (Å²) in [5, 5.41) is 3.86. The molecule has 3 heterocycles. The average molecular weight is 532 g/mol. The van der Waals surface area contributed by atoms with Gasteiger partial charge in [0.1, 0.15) is 6.54 Å². The van der Waals surface area contributed by atoms with Crippen LogP contribution in [0.15, 0.2) is 64.4 Å². The van der Waals surface area contributed by atoms with E-state index in [9.17, 15) is 19.2 Å². The Bertz CT molecular complexity index is 1480. The highest BCUT2D eigenvalue weighted by atomic mass is 32.2. The molecule has 2 aliphatic heterocycles. The molecule has 4 aliphatic rings. The number of hydrogen-bond donors (Lipinski definition) is 2. The lowest BCUT2D eigenvalue weighted by Gasteiger charge is -2.43. The minimum Gasteiger partial charge on any atom is -0.325 e. The van der Waals surface area contributed by atoms with Gasteiger partial charge in [-0.1, -0.05) is 59.4 Å². The summed E-state index contributed by atoms with van der Waals surface area (Å²) in [5.41, 5.74) is 2.87. The van der Waals surface area contributed by atoms with Gasteiger partial charge in [0, 0.05) is 21.7 Å². The number of thioether (sulfide) groups is 1. The van der Waals surface area contributed by atoms with Crippen molar-refractivity contribution in [2.24, 2.45) is 29.6 Å². The fraction of sp³-hybridized carbons (Fsp3) is 0.357. The van der Waals surface area contributed by atoms with Crippen LogP contribution in [0.25, 0.3) is 0 Å². The molecule has 1 aromatic heterocycles. The molecule has 2 aliphatic carbocycles. The van der Waals surface area contributed by atoms with Gasteiger partial charge in [0.05, 0.1) is 16.9 Å². The van der Waals surface area contributed by atoms with Gasteiger partial charge in [0.2, 0.25) is 17.7 Å². The number of imide groups is 1. The summed E-state index contributed by atoms with van der Waals surface area (Å²) in [6.07, 6.45) is 0.834. The van der Waals surface area contributed by atoms with Gasteiger partial charge >= 0.3 is 4.87 Å². The first kappa shape index (κ1) is 23.0. The molecule has 2 aromatic carbocycles. The van der Waals surface area contributed by atoms with Crippen molar-refractivity contribution in [2.45, 2.75) is 29.5 Å². The van der Waals surface area contributed by atoms with E-state index in [4.69, 9.17) is 0 Å². The van der Waals surface area contributed by atoms with E-state index in [2.05, 4.69) is 22.4 Å². The normalized spacial score (nSPS) is 31.3. The van der Waals surface area contributed by atoms with Gasteiger partial charge in [-0.15, -0.1) is 11.8 Å². The topological polar surface area (TPSA) is 99.3 Å². The number of fused-ring (bicyclic) bond motifs is 9. The maximum Gasteiger partial charge on any atom is 0.305 e. The van der Waals surface area contributed by atoms with Crippen molar-refractivity contribution in [1.29, 1.82) is 0 Å². The number of aryl methyl sites for hydroxylation is 1. The molecule has 188 valence electrons. The quantitative estimate of drug-likeness (QED) is 0.498. The maximum absolute atomic E-state index is 13.7. The third-order valence-corrected chi connectivity index (χ3v) is 11.2. The number of hydrogen-bond acceptors (Lipinski definition) is 6. The van der Waals surface area contributed by atoms with Crippen LogP contribution in [0.3, 0.4) is 0 Å². The second-order valence-corrected chi connectivity index (χ2v) is 12.8. The number of rotatable bonds is 4. The number of nitrogens with zero attached hydrogens (tertiary/aromatic N) is 1. The number of aromatic amines is 1. The molecule has 37 heavy (non-hydrogen) atoms. The minimum absolute atomic E-state index is 0.0177. The largest absolute Gasteiger partial charge is 0.325 e. The molecule has 3 amide bonds. The highest BCUT2D eigenvalue weighted by Gasteiger charge is 2.69. The number of carbonyl (C=O) groups is 3. The number of H-pyrrole nitrogens is 1. The van der Waals surface area contributed by atoms with Crippen molar-refractivity contribution in [3.05, 3.63) is 80.3 Å². The molecular weight excluding hydrogens is 506 g/mol. The molecule has 2 N–H and O–H groups in total. The summed E-state index contributed by atoms with van der Waals surface area (Å²) >= 11 is 2.93. The van der Waals surface area contributed by atoms with Crippen molar-refractivity contribution >= 4 is 46.5 Å². The molecule has 0 spiro atoms. The third kappa shape index (κ3) is 3.47. The van der Waals surface area contributed by atoms with E-state index in [-0.39, 0.29) is 64.0 Å². The van der Waals surface area contributed by atoms with E-state index >= 15 is 0 Å². The molecule has 0 unspecified atom stereocenters. The van der Waals surface area contributed by atoms with Crippen LogP contribution in [0.2, 0.25) is 0 Å². The third-order valence-electron chi connectivity index (χ3n) is 8.61. The Morgan fingerprint density at radius 1 is 1.00 bits per heavy atom. The molecule has 7 atom stereocenters. The van der Waals surface area contributed by atoms with Crippen LogP contribution in [0.1, 0.15) is 28.3 Å². The lowest BCUT2D eigenvalue weighted by atomic mass is 9.68. The number of thiazole rings is 1. The van der Waals surface area contributed by atoms with Crippen LogP contribution in [-0.4, -0.2) is 39.4 Å². The number of benzene rings is 2. The summed E-state index contributed by atoms with van der Waals surface area (Å²) < 4.78 is 0. The Labute approximate surface area is 221 Å². The Morgan fingerprint density at radius 2 is 1.70 bits per heavy atom. The Hall–Kier alpha value is -3.17. The number of likely N-dealkylation sites (tertiary alicyclic amines) is 1. The zero-order chi connectivity index (χ0) is 25.4. The summed E-state index contributed by atoms with van der Waals surface area (Å²) in [7, 11) is 0. The molecule has 3 fully saturated rings. The van der Waals surface area contributed by atoms with E-state index < -0.39 is 5.92 Å². The summed E-state index contributed by atoms with van der Waals surface area (Å²) in [6, 6.07) is 17.6. The second-order valence-electron chi connectivity index (χ2n) is 10.5. The SMILES string of the molecule is Cc1ccc(NC(=O)CN2C(=O)[C@H]3[C@@H]4C[C@H]([C@@H]3C2=O)[C@H]2[C@H](c3ccccc3)c3sc(=O)[nH]c3S[C@H]42)cc1. The number of anilines is 1. The molecular formula is C28H25N3O4S2.